The number of ether oxygens (including phenoxy) is 1. The van der Waals surface area contributed by atoms with E-state index in [0.717, 1.165) is 45.0 Å². The molecule has 2 heterocycles. The first kappa shape index (κ1) is 16.5. The average molecular weight is 294 g/mol. The summed E-state index contributed by atoms with van der Waals surface area (Å²) in [5, 5.41) is 3.70. The number of furan rings is 1. The fraction of sp³-hybridized carbons (Fsp3) is 0.765. The minimum Gasteiger partial charge on any atom is -0.468 e. The van der Waals surface area contributed by atoms with Gasteiger partial charge in [-0.15, -0.1) is 0 Å². The second kappa shape index (κ2) is 8.57. The van der Waals surface area contributed by atoms with Gasteiger partial charge in [0.25, 0.3) is 0 Å². The van der Waals surface area contributed by atoms with Crippen LogP contribution in [0.4, 0.5) is 0 Å². The van der Waals surface area contributed by atoms with Crippen molar-refractivity contribution in [2.75, 3.05) is 32.8 Å². The monoisotopic (exact) mass is 294 g/mol. The van der Waals surface area contributed by atoms with Gasteiger partial charge in [-0.05, 0) is 30.9 Å². The van der Waals surface area contributed by atoms with Gasteiger partial charge in [-0.2, -0.15) is 0 Å². The van der Waals surface area contributed by atoms with Gasteiger partial charge in [0, 0.05) is 25.7 Å². The van der Waals surface area contributed by atoms with Crippen molar-refractivity contribution >= 4 is 0 Å². The maximum absolute atomic E-state index is 5.55. The van der Waals surface area contributed by atoms with E-state index in [9.17, 15) is 0 Å². The highest BCUT2D eigenvalue weighted by Crippen LogP contribution is 2.19. The second-order valence-electron chi connectivity index (χ2n) is 6.32. The molecule has 1 aromatic rings. The number of hydrogen-bond acceptors (Lipinski definition) is 4. The van der Waals surface area contributed by atoms with E-state index in [1.807, 2.05) is 6.07 Å². The van der Waals surface area contributed by atoms with Crippen LogP contribution in [0.5, 0.6) is 0 Å². The lowest BCUT2D eigenvalue weighted by molar-refractivity contribution is 0.0116. The molecule has 4 nitrogen and oxygen atoms in total. The Balaban J connectivity index is 1.90. The Morgan fingerprint density at radius 1 is 1.29 bits per heavy atom. The van der Waals surface area contributed by atoms with Crippen molar-refractivity contribution in [3.05, 3.63) is 24.2 Å². The number of rotatable bonds is 8. The molecule has 1 saturated heterocycles. The summed E-state index contributed by atoms with van der Waals surface area (Å²) in [6.07, 6.45) is 4.03. The normalized spacial score (nSPS) is 19.8. The smallest absolute Gasteiger partial charge is 0.120 e. The lowest BCUT2D eigenvalue weighted by Crippen LogP contribution is -2.48. The van der Waals surface area contributed by atoms with Gasteiger partial charge in [0.1, 0.15) is 5.76 Å². The first-order chi connectivity index (χ1) is 10.2. The molecule has 0 amide bonds. The summed E-state index contributed by atoms with van der Waals surface area (Å²) in [6.45, 7) is 11.7. The molecule has 0 radical (unpaired) electrons. The van der Waals surface area contributed by atoms with E-state index in [1.165, 1.54) is 6.42 Å². The van der Waals surface area contributed by atoms with Crippen LogP contribution in [0.25, 0.3) is 0 Å². The van der Waals surface area contributed by atoms with Crippen LogP contribution in [-0.2, 0) is 4.74 Å². The van der Waals surface area contributed by atoms with Crippen molar-refractivity contribution in [3.63, 3.8) is 0 Å². The molecule has 120 valence electrons. The largest absolute Gasteiger partial charge is 0.468 e. The highest BCUT2D eigenvalue weighted by molar-refractivity contribution is 5.04. The van der Waals surface area contributed by atoms with Crippen LogP contribution < -0.4 is 5.32 Å². The highest BCUT2D eigenvalue weighted by Gasteiger charge is 2.23. The van der Waals surface area contributed by atoms with Crippen molar-refractivity contribution in [1.29, 1.82) is 0 Å². The van der Waals surface area contributed by atoms with Crippen molar-refractivity contribution in [2.45, 2.75) is 45.7 Å². The van der Waals surface area contributed by atoms with Crippen LogP contribution >= 0.6 is 0 Å². The Labute approximate surface area is 128 Å². The maximum Gasteiger partial charge on any atom is 0.120 e. The summed E-state index contributed by atoms with van der Waals surface area (Å²) in [5.41, 5.74) is 0. The van der Waals surface area contributed by atoms with Gasteiger partial charge in [0.2, 0.25) is 0 Å². The molecular weight excluding hydrogens is 264 g/mol. The zero-order valence-corrected chi connectivity index (χ0v) is 13.7. The maximum atomic E-state index is 5.55. The van der Waals surface area contributed by atoms with Crippen LogP contribution in [0.3, 0.4) is 0 Å². The van der Waals surface area contributed by atoms with E-state index >= 15 is 0 Å². The Morgan fingerprint density at radius 2 is 2.05 bits per heavy atom. The van der Waals surface area contributed by atoms with Crippen molar-refractivity contribution in [2.24, 2.45) is 5.92 Å². The molecule has 0 bridgehead atoms. The highest BCUT2D eigenvalue weighted by atomic mass is 16.5. The first-order valence-corrected chi connectivity index (χ1v) is 8.29. The fourth-order valence-electron chi connectivity index (χ4n) is 3.06. The van der Waals surface area contributed by atoms with Gasteiger partial charge in [0.05, 0.1) is 25.5 Å². The van der Waals surface area contributed by atoms with E-state index in [0.29, 0.717) is 18.0 Å². The summed E-state index contributed by atoms with van der Waals surface area (Å²) < 4.78 is 11.0. The quantitative estimate of drug-likeness (QED) is 0.799. The van der Waals surface area contributed by atoms with Gasteiger partial charge in [-0.1, -0.05) is 20.8 Å². The molecule has 4 heteroatoms. The summed E-state index contributed by atoms with van der Waals surface area (Å²) in [5.74, 6) is 1.76. The molecule has 21 heavy (non-hydrogen) atoms. The lowest BCUT2D eigenvalue weighted by Gasteiger charge is -2.36. The Kier molecular flexibility index (Phi) is 6.74. The van der Waals surface area contributed by atoms with E-state index in [4.69, 9.17) is 9.15 Å². The SMILES string of the molecule is CCC(NCC(CC(C)C)N1CCOCC1)c1ccco1. The fourth-order valence-corrected chi connectivity index (χ4v) is 3.06. The zero-order chi connectivity index (χ0) is 15.1. The van der Waals surface area contributed by atoms with Crippen LogP contribution in [-0.4, -0.2) is 43.8 Å². The van der Waals surface area contributed by atoms with Gasteiger partial charge < -0.3 is 14.5 Å². The lowest BCUT2D eigenvalue weighted by atomic mass is 10.0. The predicted octanol–water partition coefficient (Wildman–Crippen LogP) is 3.07. The van der Waals surface area contributed by atoms with Gasteiger partial charge in [-0.25, -0.2) is 0 Å². The molecule has 1 fully saturated rings. The third-order valence-corrected chi connectivity index (χ3v) is 4.20. The third kappa shape index (κ3) is 5.13. The Bertz CT molecular complexity index is 372. The Morgan fingerprint density at radius 3 is 2.62 bits per heavy atom. The molecule has 0 spiro atoms. The number of nitrogens with one attached hydrogen (secondary N) is 1. The molecule has 1 N–H and O–H groups in total. The molecule has 0 aliphatic carbocycles. The molecular formula is C17H30N2O2. The summed E-state index contributed by atoms with van der Waals surface area (Å²) in [6, 6.07) is 4.93. The minimum absolute atomic E-state index is 0.315. The minimum atomic E-state index is 0.315. The van der Waals surface area contributed by atoms with E-state index < -0.39 is 0 Å². The number of nitrogens with zero attached hydrogens (tertiary/aromatic N) is 1. The Hall–Kier alpha value is -0.840. The molecule has 2 rings (SSSR count). The van der Waals surface area contributed by atoms with E-state index in [2.05, 4.69) is 37.1 Å². The molecule has 0 saturated carbocycles. The molecule has 0 aromatic carbocycles. The summed E-state index contributed by atoms with van der Waals surface area (Å²) in [4.78, 5) is 2.57. The molecule has 1 aliphatic rings. The molecule has 2 unspecified atom stereocenters. The van der Waals surface area contributed by atoms with Crippen LogP contribution in [0.15, 0.2) is 22.8 Å². The predicted molar refractivity (Wildman–Crippen MR) is 85.4 cm³/mol. The second-order valence-corrected chi connectivity index (χ2v) is 6.32. The van der Waals surface area contributed by atoms with Crippen LogP contribution in [0.2, 0.25) is 0 Å². The topological polar surface area (TPSA) is 37.6 Å². The average Bonchev–Trinajstić information content (AvgIpc) is 3.01. The zero-order valence-electron chi connectivity index (χ0n) is 13.7. The first-order valence-electron chi connectivity index (χ1n) is 8.29. The van der Waals surface area contributed by atoms with Gasteiger partial charge in [-0.3, -0.25) is 4.90 Å². The summed E-state index contributed by atoms with van der Waals surface area (Å²) in [7, 11) is 0. The summed E-state index contributed by atoms with van der Waals surface area (Å²) >= 11 is 0. The molecule has 1 aliphatic heterocycles. The van der Waals surface area contributed by atoms with Crippen molar-refractivity contribution in [1.82, 2.24) is 10.2 Å². The van der Waals surface area contributed by atoms with Gasteiger partial charge in [0.15, 0.2) is 0 Å². The van der Waals surface area contributed by atoms with E-state index in [-0.39, 0.29) is 0 Å². The van der Waals surface area contributed by atoms with Crippen molar-refractivity contribution < 1.29 is 9.15 Å². The number of hydrogen-bond donors (Lipinski definition) is 1. The third-order valence-electron chi connectivity index (χ3n) is 4.20. The van der Waals surface area contributed by atoms with Gasteiger partial charge >= 0.3 is 0 Å². The molecule has 2 atom stereocenters. The number of morpholine rings is 1. The molecule has 1 aromatic heterocycles. The van der Waals surface area contributed by atoms with Crippen LogP contribution in [0.1, 0.15) is 45.4 Å². The van der Waals surface area contributed by atoms with Crippen LogP contribution in [0, 0.1) is 5.92 Å². The standard InChI is InChI=1S/C17H30N2O2/c1-4-16(17-6-5-9-21-17)18-13-15(12-14(2)3)19-7-10-20-11-8-19/h5-6,9,14-16,18H,4,7-8,10-13H2,1-3H3. The van der Waals surface area contributed by atoms with E-state index in [1.54, 1.807) is 6.26 Å². The van der Waals surface area contributed by atoms with Crippen molar-refractivity contribution in [3.8, 4) is 0 Å².